The van der Waals surface area contributed by atoms with Gasteiger partial charge < -0.3 is 10.6 Å². The van der Waals surface area contributed by atoms with E-state index < -0.39 is 0 Å². The summed E-state index contributed by atoms with van der Waals surface area (Å²) < 4.78 is 2.98. The van der Waals surface area contributed by atoms with Gasteiger partial charge in [-0.2, -0.15) is 5.10 Å². The Morgan fingerprint density at radius 1 is 1.20 bits per heavy atom. The Labute approximate surface area is 163 Å². The van der Waals surface area contributed by atoms with E-state index in [2.05, 4.69) is 31.7 Å². The molecular formula is C18H24BrClN4O. The molecule has 1 amide bonds. The minimum absolute atomic E-state index is 0. The Hall–Kier alpha value is -1.37. The van der Waals surface area contributed by atoms with E-state index in [0.717, 1.165) is 54.4 Å². The second kappa shape index (κ2) is 9.36. The van der Waals surface area contributed by atoms with Crippen LogP contribution >= 0.6 is 28.3 Å². The molecule has 0 fully saturated rings. The molecule has 5 nitrogen and oxygen atoms in total. The van der Waals surface area contributed by atoms with E-state index in [-0.39, 0.29) is 18.3 Å². The molecule has 0 aliphatic heterocycles. The molecule has 1 aliphatic rings. The molecule has 25 heavy (non-hydrogen) atoms. The van der Waals surface area contributed by atoms with Crippen LogP contribution in [-0.2, 0) is 12.8 Å². The number of carbonyl (C=O) groups excluding carboxylic acids is 1. The number of aromatic nitrogens is 2. The van der Waals surface area contributed by atoms with E-state index in [1.54, 1.807) is 0 Å². The number of halogens is 2. The zero-order chi connectivity index (χ0) is 16.9. The van der Waals surface area contributed by atoms with E-state index in [1.165, 1.54) is 5.69 Å². The van der Waals surface area contributed by atoms with Crippen molar-refractivity contribution in [3.63, 3.8) is 0 Å². The summed E-state index contributed by atoms with van der Waals surface area (Å²) in [5.74, 6) is -0.0554. The molecule has 0 spiro atoms. The van der Waals surface area contributed by atoms with Crippen molar-refractivity contribution in [1.29, 1.82) is 0 Å². The molecule has 7 heteroatoms. The number of hydrogen-bond donors (Lipinski definition) is 2. The minimum Gasteiger partial charge on any atom is -0.351 e. The zero-order valence-electron chi connectivity index (χ0n) is 14.3. The summed E-state index contributed by atoms with van der Waals surface area (Å²) in [6.07, 6.45) is 5.10. The third kappa shape index (κ3) is 4.63. The first-order valence-corrected chi connectivity index (χ1v) is 9.29. The lowest BCUT2D eigenvalue weighted by atomic mass is 9.95. The number of carbonyl (C=O) groups is 1. The van der Waals surface area contributed by atoms with Crippen LogP contribution in [0.15, 0.2) is 28.7 Å². The number of fused-ring (bicyclic) bond motifs is 1. The summed E-state index contributed by atoms with van der Waals surface area (Å²) in [4.78, 5) is 12.6. The molecule has 0 bridgehead atoms. The molecular weight excluding hydrogens is 404 g/mol. The molecule has 2 aromatic rings. The van der Waals surface area contributed by atoms with E-state index in [1.807, 2.05) is 36.0 Å². The average molecular weight is 428 g/mol. The van der Waals surface area contributed by atoms with Crippen LogP contribution < -0.4 is 10.6 Å². The van der Waals surface area contributed by atoms with Gasteiger partial charge in [-0.15, -0.1) is 12.4 Å². The summed E-state index contributed by atoms with van der Waals surface area (Å²) in [5.41, 5.74) is 3.90. The Morgan fingerprint density at radius 3 is 2.64 bits per heavy atom. The lowest BCUT2D eigenvalue weighted by Crippen LogP contribution is -2.28. The SMILES string of the molecule is CNCCCNC(=O)c1nn(-c2ccc(Br)cc2)c2c1CCCC2.Cl. The van der Waals surface area contributed by atoms with Gasteiger partial charge in [0.1, 0.15) is 0 Å². The second-order valence-electron chi connectivity index (χ2n) is 6.08. The van der Waals surface area contributed by atoms with Crippen molar-refractivity contribution in [2.45, 2.75) is 32.1 Å². The average Bonchev–Trinajstić information content (AvgIpc) is 2.99. The quantitative estimate of drug-likeness (QED) is 0.696. The molecule has 0 radical (unpaired) electrons. The lowest BCUT2D eigenvalue weighted by molar-refractivity contribution is 0.0947. The van der Waals surface area contributed by atoms with Gasteiger partial charge in [0.2, 0.25) is 0 Å². The van der Waals surface area contributed by atoms with Gasteiger partial charge in [0.15, 0.2) is 5.69 Å². The molecule has 0 saturated carbocycles. The van der Waals surface area contributed by atoms with Gasteiger partial charge >= 0.3 is 0 Å². The molecule has 1 aromatic heterocycles. The molecule has 136 valence electrons. The first-order chi connectivity index (χ1) is 11.7. The van der Waals surface area contributed by atoms with Crippen molar-refractivity contribution >= 4 is 34.2 Å². The summed E-state index contributed by atoms with van der Waals surface area (Å²) >= 11 is 3.46. The largest absolute Gasteiger partial charge is 0.351 e. The first-order valence-electron chi connectivity index (χ1n) is 8.50. The summed E-state index contributed by atoms with van der Waals surface area (Å²) in [5, 5.41) is 10.7. The van der Waals surface area contributed by atoms with Crippen molar-refractivity contribution in [3.8, 4) is 5.69 Å². The third-order valence-electron chi connectivity index (χ3n) is 4.36. The van der Waals surface area contributed by atoms with Crippen LogP contribution in [0, 0.1) is 0 Å². The normalized spacial score (nSPS) is 13.0. The molecule has 2 N–H and O–H groups in total. The fourth-order valence-electron chi connectivity index (χ4n) is 3.13. The maximum Gasteiger partial charge on any atom is 0.272 e. The highest BCUT2D eigenvalue weighted by Gasteiger charge is 2.25. The number of amides is 1. The number of nitrogens with one attached hydrogen (secondary N) is 2. The third-order valence-corrected chi connectivity index (χ3v) is 4.88. The van der Waals surface area contributed by atoms with Crippen molar-refractivity contribution < 1.29 is 4.79 Å². The number of nitrogens with zero attached hydrogens (tertiary/aromatic N) is 2. The Bertz CT molecular complexity index is 715. The van der Waals surface area contributed by atoms with Gasteiger partial charge in [-0.3, -0.25) is 4.79 Å². The molecule has 0 saturated heterocycles. The predicted octanol–water partition coefficient (Wildman–Crippen LogP) is 3.27. The number of rotatable bonds is 6. The number of benzene rings is 1. The highest BCUT2D eigenvalue weighted by molar-refractivity contribution is 9.10. The monoisotopic (exact) mass is 426 g/mol. The smallest absolute Gasteiger partial charge is 0.272 e. The van der Waals surface area contributed by atoms with Crippen molar-refractivity contribution in [3.05, 3.63) is 45.7 Å². The summed E-state index contributed by atoms with van der Waals surface area (Å²) in [6, 6.07) is 8.06. The first kappa shape index (κ1) is 19.9. The van der Waals surface area contributed by atoms with Crippen LogP contribution in [0.3, 0.4) is 0 Å². The topological polar surface area (TPSA) is 58.9 Å². The van der Waals surface area contributed by atoms with Crippen LogP contribution in [0.25, 0.3) is 5.69 Å². The maximum absolute atomic E-state index is 12.6. The minimum atomic E-state index is -0.0554. The predicted molar refractivity (Wildman–Crippen MR) is 106 cm³/mol. The van der Waals surface area contributed by atoms with E-state index >= 15 is 0 Å². The molecule has 1 aromatic carbocycles. The van der Waals surface area contributed by atoms with E-state index in [0.29, 0.717) is 12.2 Å². The molecule has 1 heterocycles. The Balaban J connectivity index is 0.00000225. The van der Waals surface area contributed by atoms with Crippen LogP contribution in [0.1, 0.15) is 41.0 Å². The van der Waals surface area contributed by atoms with E-state index in [9.17, 15) is 4.79 Å². The van der Waals surface area contributed by atoms with Gasteiger partial charge in [0.25, 0.3) is 5.91 Å². The fraction of sp³-hybridized carbons (Fsp3) is 0.444. The van der Waals surface area contributed by atoms with Gasteiger partial charge in [-0.25, -0.2) is 4.68 Å². The maximum atomic E-state index is 12.6. The van der Waals surface area contributed by atoms with Gasteiger partial charge in [0.05, 0.1) is 5.69 Å². The van der Waals surface area contributed by atoms with Gasteiger partial charge in [-0.05, 0) is 70.0 Å². The van der Waals surface area contributed by atoms with Crippen molar-refractivity contribution in [1.82, 2.24) is 20.4 Å². The molecule has 3 rings (SSSR count). The fourth-order valence-corrected chi connectivity index (χ4v) is 3.39. The van der Waals surface area contributed by atoms with Crippen molar-refractivity contribution in [2.75, 3.05) is 20.1 Å². The van der Waals surface area contributed by atoms with Gasteiger partial charge in [-0.1, -0.05) is 15.9 Å². The Kier molecular flexibility index (Phi) is 7.47. The van der Waals surface area contributed by atoms with Crippen LogP contribution in [0.2, 0.25) is 0 Å². The second-order valence-corrected chi connectivity index (χ2v) is 7.00. The lowest BCUT2D eigenvalue weighted by Gasteiger charge is -2.14. The summed E-state index contributed by atoms with van der Waals surface area (Å²) in [6.45, 7) is 1.56. The molecule has 1 aliphatic carbocycles. The van der Waals surface area contributed by atoms with Crippen LogP contribution in [0.5, 0.6) is 0 Å². The van der Waals surface area contributed by atoms with Crippen LogP contribution in [0.4, 0.5) is 0 Å². The molecule has 0 atom stereocenters. The highest BCUT2D eigenvalue weighted by Crippen LogP contribution is 2.27. The summed E-state index contributed by atoms with van der Waals surface area (Å²) in [7, 11) is 1.91. The Morgan fingerprint density at radius 2 is 1.92 bits per heavy atom. The zero-order valence-corrected chi connectivity index (χ0v) is 16.8. The van der Waals surface area contributed by atoms with Gasteiger partial charge in [0, 0.05) is 22.3 Å². The number of hydrogen-bond acceptors (Lipinski definition) is 3. The van der Waals surface area contributed by atoms with E-state index in [4.69, 9.17) is 0 Å². The standard InChI is InChI=1S/C18H23BrN4O.ClH/c1-20-11-4-12-21-18(24)17-15-5-2-3-6-16(15)23(22-17)14-9-7-13(19)8-10-14;/h7-10,20H,2-6,11-12H2,1H3,(H,21,24);1H. The van der Waals surface area contributed by atoms with Crippen molar-refractivity contribution in [2.24, 2.45) is 0 Å². The van der Waals surface area contributed by atoms with Crippen LogP contribution in [-0.4, -0.2) is 35.8 Å². The highest BCUT2D eigenvalue weighted by atomic mass is 79.9. The molecule has 0 unspecified atom stereocenters.